The largest absolute Gasteiger partial charge is 0.493 e. The highest BCUT2D eigenvalue weighted by molar-refractivity contribution is 5.78. The Bertz CT molecular complexity index is 982. The van der Waals surface area contributed by atoms with Crippen LogP contribution in [0, 0.1) is 5.92 Å². The van der Waals surface area contributed by atoms with E-state index in [9.17, 15) is 9.59 Å². The predicted octanol–water partition coefficient (Wildman–Crippen LogP) is 4.61. The molecule has 1 aliphatic carbocycles. The van der Waals surface area contributed by atoms with Gasteiger partial charge in [0.05, 0.1) is 26.6 Å². The number of hydrogen-bond donors (Lipinski definition) is 0. The molecule has 2 fully saturated rings. The number of ether oxygens (including phenoxy) is 3. The molecule has 1 heterocycles. The van der Waals surface area contributed by atoms with E-state index in [1.165, 1.54) is 6.42 Å². The Balaban J connectivity index is 1.37. The maximum atomic E-state index is 13.2. The lowest BCUT2D eigenvalue weighted by Crippen LogP contribution is -2.49. The van der Waals surface area contributed by atoms with E-state index in [1.807, 2.05) is 53.4 Å². The molecule has 0 radical (unpaired) electrons. The third kappa shape index (κ3) is 6.27. The molecule has 0 unspecified atom stereocenters. The van der Waals surface area contributed by atoms with Crippen LogP contribution in [-0.2, 0) is 14.3 Å². The number of hydrogen-bond acceptors (Lipinski definition) is 6. The second-order valence-electron chi connectivity index (χ2n) is 9.28. The molecule has 1 atom stereocenters. The van der Waals surface area contributed by atoms with Crippen LogP contribution in [0.15, 0.2) is 48.5 Å². The van der Waals surface area contributed by atoms with Crippen LogP contribution in [0.25, 0.3) is 0 Å². The van der Waals surface area contributed by atoms with Gasteiger partial charge in [-0.1, -0.05) is 49.6 Å². The van der Waals surface area contributed by atoms with Crippen LogP contribution in [0.4, 0.5) is 5.69 Å². The molecule has 188 valence electrons. The Morgan fingerprint density at radius 3 is 2.23 bits per heavy atom. The zero-order valence-corrected chi connectivity index (χ0v) is 20.8. The average Bonchev–Trinajstić information content (AvgIpc) is 2.93. The zero-order valence-electron chi connectivity index (χ0n) is 20.8. The summed E-state index contributed by atoms with van der Waals surface area (Å²) < 4.78 is 16.7. The first kappa shape index (κ1) is 24.9. The molecule has 4 rings (SSSR count). The zero-order chi connectivity index (χ0) is 24.6. The lowest BCUT2D eigenvalue weighted by Gasteiger charge is -2.37. The molecular weight excluding hydrogens is 444 g/mol. The second-order valence-corrected chi connectivity index (χ2v) is 9.28. The van der Waals surface area contributed by atoms with Crippen LogP contribution in [0.2, 0.25) is 0 Å². The van der Waals surface area contributed by atoms with Gasteiger partial charge in [-0.15, -0.1) is 0 Å². The highest BCUT2D eigenvalue weighted by Gasteiger charge is 2.30. The molecule has 7 nitrogen and oxygen atoms in total. The van der Waals surface area contributed by atoms with Crippen LogP contribution in [0.3, 0.4) is 0 Å². The van der Waals surface area contributed by atoms with Gasteiger partial charge in [0.2, 0.25) is 5.91 Å². The Kier molecular flexibility index (Phi) is 8.50. The van der Waals surface area contributed by atoms with Gasteiger partial charge in [0.1, 0.15) is 6.10 Å². The van der Waals surface area contributed by atoms with Crippen LogP contribution in [-0.4, -0.2) is 57.2 Å². The number of rotatable bonds is 8. The van der Waals surface area contributed by atoms with Crippen molar-refractivity contribution in [1.29, 1.82) is 0 Å². The van der Waals surface area contributed by atoms with Crippen molar-refractivity contribution in [3.05, 3.63) is 54.1 Å². The van der Waals surface area contributed by atoms with Gasteiger partial charge in [-0.25, -0.2) is 0 Å². The molecule has 1 amide bonds. The maximum Gasteiger partial charge on any atom is 0.309 e. The molecule has 2 aromatic carbocycles. The summed E-state index contributed by atoms with van der Waals surface area (Å²) in [6.45, 7) is 2.68. The third-order valence-corrected chi connectivity index (χ3v) is 7.09. The number of benzene rings is 2. The number of esters is 1. The van der Waals surface area contributed by atoms with Crippen molar-refractivity contribution in [2.24, 2.45) is 5.92 Å². The first-order valence-corrected chi connectivity index (χ1v) is 12.6. The molecule has 1 saturated heterocycles. The molecule has 0 N–H and O–H groups in total. The van der Waals surface area contributed by atoms with E-state index in [1.54, 1.807) is 14.2 Å². The molecule has 7 heteroatoms. The van der Waals surface area contributed by atoms with Crippen molar-refractivity contribution in [2.75, 3.05) is 45.3 Å². The SMILES string of the molecule is COc1ccc(N2CCN(C(=O)C[C@@H](OC(=O)C3CCCCC3)c3ccccc3)CC2)cc1OC. The summed E-state index contributed by atoms with van der Waals surface area (Å²) in [6.07, 6.45) is 4.69. The Morgan fingerprint density at radius 1 is 0.886 bits per heavy atom. The number of amides is 1. The minimum absolute atomic E-state index is 0.0160. The average molecular weight is 481 g/mol. The van der Waals surface area contributed by atoms with Gasteiger partial charge in [0.25, 0.3) is 0 Å². The van der Waals surface area contributed by atoms with Gasteiger partial charge in [0.15, 0.2) is 11.5 Å². The maximum absolute atomic E-state index is 13.2. The van der Waals surface area contributed by atoms with Crippen LogP contribution < -0.4 is 14.4 Å². The fourth-order valence-electron chi connectivity index (χ4n) is 4.99. The van der Waals surface area contributed by atoms with Crippen molar-refractivity contribution in [2.45, 2.75) is 44.6 Å². The summed E-state index contributed by atoms with van der Waals surface area (Å²) in [5, 5.41) is 0. The molecule has 1 aliphatic heterocycles. The molecule has 35 heavy (non-hydrogen) atoms. The molecule has 2 aromatic rings. The molecule has 0 spiro atoms. The van der Waals surface area contributed by atoms with Crippen molar-refractivity contribution in [3.63, 3.8) is 0 Å². The first-order valence-electron chi connectivity index (χ1n) is 12.6. The smallest absolute Gasteiger partial charge is 0.309 e. The van der Waals surface area contributed by atoms with Crippen LogP contribution in [0.1, 0.15) is 50.2 Å². The number of anilines is 1. The number of methoxy groups -OCH3 is 2. The number of carbonyl (C=O) groups excluding carboxylic acids is 2. The van der Waals surface area contributed by atoms with Gasteiger partial charge in [-0.05, 0) is 30.5 Å². The summed E-state index contributed by atoms with van der Waals surface area (Å²) in [5.74, 6) is 1.19. The summed E-state index contributed by atoms with van der Waals surface area (Å²) in [4.78, 5) is 30.2. The van der Waals surface area contributed by atoms with E-state index in [4.69, 9.17) is 14.2 Å². The van der Waals surface area contributed by atoms with Crippen molar-refractivity contribution < 1.29 is 23.8 Å². The van der Waals surface area contributed by atoms with E-state index in [0.717, 1.165) is 50.0 Å². The summed E-state index contributed by atoms with van der Waals surface area (Å²) in [6, 6.07) is 15.5. The fraction of sp³-hybridized carbons (Fsp3) is 0.500. The van der Waals surface area contributed by atoms with Crippen LogP contribution >= 0.6 is 0 Å². The third-order valence-electron chi connectivity index (χ3n) is 7.09. The Labute approximate surface area is 207 Å². The van der Waals surface area contributed by atoms with Crippen molar-refractivity contribution in [1.82, 2.24) is 4.90 Å². The molecule has 0 bridgehead atoms. The highest BCUT2D eigenvalue weighted by atomic mass is 16.5. The van der Waals surface area contributed by atoms with Gasteiger partial charge in [-0.2, -0.15) is 0 Å². The summed E-state index contributed by atoms with van der Waals surface area (Å²) in [5.41, 5.74) is 1.91. The normalized spacial score (nSPS) is 17.5. The monoisotopic (exact) mass is 480 g/mol. The summed E-state index contributed by atoms with van der Waals surface area (Å²) >= 11 is 0. The standard InChI is InChI=1S/C28H36N2O5/c1-33-24-14-13-23(19-26(24)34-2)29-15-17-30(18-16-29)27(31)20-25(21-9-5-3-6-10-21)35-28(32)22-11-7-4-8-12-22/h3,5-6,9-10,13-14,19,22,25H,4,7-8,11-12,15-18,20H2,1-2H3/t25-/m1/s1. The van der Waals surface area contributed by atoms with Gasteiger partial charge >= 0.3 is 5.97 Å². The fourth-order valence-corrected chi connectivity index (χ4v) is 4.99. The topological polar surface area (TPSA) is 68.3 Å². The number of carbonyl (C=O) groups is 2. The minimum atomic E-state index is -0.554. The second kappa shape index (κ2) is 12.0. The van der Waals surface area contributed by atoms with Crippen LogP contribution in [0.5, 0.6) is 11.5 Å². The minimum Gasteiger partial charge on any atom is -0.493 e. The molecule has 0 aromatic heterocycles. The van der Waals surface area contributed by atoms with E-state index in [0.29, 0.717) is 24.6 Å². The van der Waals surface area contributed by atoms with E-state index >= 15 is 0 Å². The highest BCUT2D eigenvalue weighted by Crippen LogP contribution is 2.32. The van der Waals surface area contributed by atoms with E-state index in [-0.39, 0.29) is 24.2 Å². The predicted molar refractivity (Wildman–Crippen MR) is 135 cm³/mol. The molecule has 2 aliphatic rings. The van der Waals surface area contributed by atoms with Gasteiger partial charge in [-0.3, -0.25) is 9.59 Å². The quantitative estimate of drug-likeness (QED) is 0.514. The van der Waals surface area contributed by atoms with Gasteiger partial charge < -0.3 is 24.0 Å². The van der Waals surface area contributed by atoms with Crippen molar-refractivity contribution >= 4 is 17.6 Å². The summed E-state index contributed by atoms with van der Waals surface area (Å²) in [7, 11) is 3.25. The number of nitrogens with zero attached hydrogens (tertiary/aromatic N) is 2. The lowest BCUT2D eigenvalue weighted by atomic mass is 9.89. The lowest BCUT2D eigenvalue weighted by molar-refractivity contribution is -0.157. The van der Waals surface area contributed by atoms with E-state index < -0.39 is 6.10 Å². The Morgan fingerprint density at radius 2 is 1.57 bits per heavy atom. The Hall–Kier alpha value is -3.22. The molecule has 1 saturated carbocycles. The molecular formula is C28H36N2O5. The van der Waals surface area contributed by atoms with Crippen molar-refractivity contribution in [3.8, 4) is 11.5 Å². The van der Waals surface area contributed by atoms with E-state index in [2.05, 4.69) is 4.90 Å². The van der Waals surface area contributed by atoms with Gasteiger partial charge in [0, 0.05) is 37.9 Å². The first-order chi connectivity index (χ1) is 17.1. The number of piperazine rings is 1.